The zero-order chi connectivity index (χ0) is 18.4. The van der Waals surface area contributed by atoms with E-state index in [4.69, 9.17) is 9.84 Å². The van der Waals surface area contributed by atoms with Gasteiger partial charge in [-0.1, -0.05) is 20.8 Å². The van der Waals surface area contributed by atoms with E-state index >= 15 is 0 Å². The van der Waals surface area contributed by atoms with Crippen molar-refractivity contribution in [1.82, 2.24) is 15.0 Å². The summed E-state index contributed by atoms with van der Waals surface area (Å²) in [7, 11) is 0. The number of aryl methyl sites for hydroxylation is 1. The van der Waals surface area contributed by atoms with Crippen LogP contribution in [0.15, 0.2) is 24.5 Å². The SMILES string of the molecule is Cc1cc(C(C)Cc2cnc(OCC(O)CO)nc2C(C)C)ccn1. The molecule has 0 aromatic carbocycles. The van der Waals surface area contributed by atoms with Crippen molar-refractivity contribution in [2.75, 3.05) is 13.2 Å². The van der Waals surface area contributed by atoms with E-state index in [1.165, 1.54) is 5.56 Å². The van der Waals surface area contributed by atoms with Gasteiger partial charge in [-0.05, 0) is 48.4 Å². The van der Waals surface area contributed by atoms with Gasteiger partial charge in [0, 0.05) is 18.1 Å². The van der Waals surface area contributed by atoms with Crippen LogP contribution >= 0.6 is 0 Å². The Hall–Kier alpha value is -2.05. The van der Waals surface area contributed by atoms with Gasteiger partial charge in [0.25, 0.3) is 0 Å². The van der Waals surface area contributed by atoms with Crippen LogP contribution in [0.5, 0.6) is 6.01 Å². The molecular formula is C19H27N3O3. The summed E-state index contributed by atoms with van der Waals surface area (Å²) in [5.41, 5.74) is 4.29. The summed E-state index contributed by atoms with van der Waals surface area (Å²) in [6.07, 6.45) is 3.54. The van der Waals surface area contributed by atoms with Crippen LogP contribution in [0.3, 0.4) is 0 Å². The second-order valence-electron chi connectivity index (χ2n) is 6.70. The van der Waals surface area contributed by atoms with Crippen molar-refractivity contribution in [3.8, 4) is 6.01 Å². The molecule has 136 valence electrons. The molecule has 0 bridgehead atoms. The number of aromatic nitrogens is 3. The number of aliphatic hydroxyl groups excluding tert-OH is 2. The normalized spacial score (nSPS) is 13.7. The minimum absolute atomic E-state index is 0.0277. The molecular weight excluding hydrogens is 318 g/mol. The second-order valence-corrected chi connectivity index (χ2v) is 6.70. The van der Waals surface area contributed by atoms with E-state index in [9.17, 15) is 5.11 Å². The summed E-state index contributed by atoms with van der Waals surface area (Å²) in [5.74, 6) is 0.556. The fraction of sp³-hybridized carbons (Fsp3) is 0.526. The van der Waals surface area contributed by atoms with E-state index < -0.39 is 6.10 Å². The summed E-state index contributed by atoms with van der Waals surface area (Å²) >= 11 is 0. The number of rotatable bonds is 8. The van der Waals surface area contributed by atoms with Crippen molar-refractivity contribution in [2.24, 2.45) is 0 Å². The summed E-state index contributed by atoms with van der Waals surface area (Å²) < 4.78 is 5.37. The van der Waals surface area contributed by atoms with Gasteiger partial charge in [0.05, 0.1) is 12.3 Å². The van der Waals surface area contributed by atoms with Crippen LogP contribution in [0.4, 0.5) is 0 Å². The molecule has 0 fully saturated rings. The van der Waals surface area contributed by atoms with E-state index in [1.807, 2.05) is 19.2 Å². The van der Waals surface area contributed by atoms with Crippen LogP contribution in [0, 0.1) is 6.92 Å². The quantitative estimate of drug-likeness (QED) is 0.764. The molecule has 2 atom stereocenters. The Morgan fingerprint density at radius 1 is 1.20 bits per heavy atom. The molecule has 2 aromatic rings. The maximum atomic E-state index is 9.38. The van der Waals surface area contributed by atoms with E-state index in [-0.39, 0.29) is 25.1 Å². The fourth-order valence-corrected chi connectivity index (χ4v) is 2.67. The summed E-state index contributed by atoms with van der Waals surface area (Å²) in [4.78, 5) is 13.0. The molecule has 0 amide bonds. The molecule has 2 rings (SSSR count). The number of hydrogen-bond acceptors (Lipinski definition) is 6. The summed E-state index contributed by atoms with van der Waals surface area (Å²) in [6, 6.07) is 4.38. The van der Waals surface area contributed by atoms with Crippen LogP contribution in [0.1, 0.15) is 55.1 Å². The smallest absolute Gasteiger partial charge is 0.316 e. The predicted molar refractivity (Wildman–Crippen MR) is 95.8 cm³/mol. The molecule has 0 aliphatic heterocycles. The second kappa shape index (κ2) is 8.87. The highest BCUT2D eigenvalue weighted by atomic mass is 16.5. The number of aliphatic hydroxyl groups is 2. The average molecular weight is 345 g/mol. The predicted octanol–water partition coefficient (Wildman–Crippen LogP) is 2.38. The number of nitrogens with zero attached hydrogens (tertiary/aromatic N) is 3. The monoisotopic (exact) mass is 345 g/mol. The molecule has 0 saturated heterocycles. The van der Waals surface area contributed by atoms with Gasteiger partial charge in [-0.25, -0.2) is 4.98 Å². The van der Waals surface area contributed by atoms with Gasteiger partial charge in [-0.2, -0.15) is 4.98 Å². The van der Waals surface area contributed by atoms with Gasteiger partial charge in [0.1, 0.15) is 12.7 Å². The first-order valence-corrected chi connectivity index (χ1v) is 8.60. The van der Waals surface area contributed by atoms with Crippen molar-refractivity contribution in [3.63, 3.8) is 0 Å². The lowest BCUT2D eigenvalue weighted by Gasteiger charge is -2.17. The van der Waals surface area contributed by atoms with Crippen LogP contribution < -0.4 is 4.74 Å². The molecule has 2 heterocycles. The van der Waals surface area contributed by atoms with Gasteiger partial charge >= 0.3 is 6.01 Å². The minimum Gasteiger partial charge on any atom is -0.461 e. The Morgan fingerprint density at radius 2 is 1.96 bits per heavy atom. The molecule has 0 aliphatic rings. The highest BCUT2D eigenvalue weighted by Crippen LogP contribution is 2.26. The van der Waals surface area contributed by atoms with Crippen molar-refractivity contribution in [2.45, 2.75) is 52.1 Å². The van der Waals surface area contributed by atoms with Gasteiger partial charge < -0.3 is 14.9 Å². The highest BCUT2D eigenvalue weighted by Gasteiger charge is 2.16. The maximum Gasteiger partial charge on any atom is 0.316 e. The third-order valence-electron chi connectivity index (χ3n) is 4.05. The van der Waals surface area contributed by atoms with E-state index in [2.05, 4.69) is 41.8 Å². The number of pyridine rings is 1. The van der Waals surface area contributed by atoms with E-state index in [0.717, 1.165) is 23.4 Å². The Bertz CT molecular complexity index is 691. The number of hydrogen-bond donors (Lipinski definition) is 2. The van der Waals surface area contributed by atoms with Gasteiger partial charge in [0.15, 0.2) is 0 Å². The molecule has 2 aromatic heterocycles. The van der Waals surface area contributed by atoms with Crippen LogP contribution in [-0.4, -0.2) is 44.5 Å². The Kier molecular flexibility index (Phi) is 6.84. The molecule has 0 aliphatic carbocycles. The molecule has 0 saturated carbocycles. The first kappa shape index (κ1) is 19.3. The Morgan fingerprint density at radius 3 is 2.60 bits per heavy atom. The lowest BCUT2D eigenvalue weighted by atomic mass is 9.92. The number of ether oxygens (including phenoxy) is 1. The van der Waals surface area contributed by atoms with Gasteiger partial charge in [-0.3, -0.25) is 4.98 Å². The Labute approximate surface area is 148 Å². The minimum atomic E-state index is -0.930. The van der Waals surface area contributed by atoms with Crippen LogP contribution in [0.2, 0.25) is 0 Å². The summed E-state index contributed by atoms with van der Waals surface area (Å²) in [5, 5.41) is 18.2. The standard InChI is InChI=1S/C19H27N3O3/c1-12(2)18-16(7-13(3)15-5-6-20-14(4)8-15)9-21-19(22-18)25-11-17(24)10-23/h5-6,8-9,12-13,17,23-24H,7,10-11H2,1-4H3. The van der Waals surface area contributed by atoms with Crippen LogP contribution in [-0.2, 0) is 6.42 Å². The summed E-state index contributed by atoms with van der Waals surface area (Å²) in [6.45, 7) is 7.96. The maximum absolute atomic E-state index is 9.38. The first-order valence-electron chi connectivity index (χ1n) is 8.60. The van der Waals surface area contributed by atoms with Crippen molar-refractivity contribution in [1.29, 1.82) is 0 Å². The Balaban J connectivity index is 2.16. The molecule has 0 spiro atoms. The molecule has 6 heteroatoms. The first-order chi connectivity index (χ1) is 11.9. The zero-order valence-corrected chi connectivity index (χ0v) is 15.3. The highest BCUT2D eigenvalue weighted by molar-refractivity contribution is 5.27. The van der Waals surface area contributed by atoms with Crippen LogP contribution in [0.25, 0.3) is 0 Å². The van der Waals surface area contributed by atoms with Gasteiger partial charge in [0.2, 0.25) is 0 Å². The molecule has 0 radical (unpaired) electrons. The topological polar surface area (TPSA) is 88.4 Å². The molecule has 2 unspecified atom stereocenters. The van der Waals surface area contributed by atoms with Crippen molar-refractivity contribution in [3.05, 3.63) is 47.0 Å². The van der Waals surface area contributed by atoms with Crippen molar-refractivity contribution < 1.29 is 14.9 Å². The lowest BCUT2D eigenvalue weighted by Crippen LogP contribution is -2.22. The largest absolute Gasteiger partial charge is 0.461 e. The molecule has 25 heavy (non-hydrogen) atoms. The molecule has 2 N–H and O–H groups in total. The lowest BCUT2D eigenvalue weighted by molar-refractivity contribution is 0.0503. The van der Waals surface area contributed by atoms with Gasteiger partial charge in [-0.15, -0.1) is 0 Å². The van der Waals surface area contributed by atoms with E-state index in [0.29, 0.717) is 5.92 Å². The fourth-order valence-electron chi connectivity index (χ4n) is 2.67. The average Bonchev–Trinajstić information content (AvgIpc) is 2.60. The third kappa shape index (κ3) is 5.47. The van der Waals surface area contributed by atoms with E-state index in [1.54, 1.807) is 6.20 Å². The zero-order valence-electron chi connectivity index (χ0n) is 15.3. The third-order valence-corrected chi connectivity index (χ3v) is 4.05. The molecule has 6 nitrogen and oxygen atoms in total. The van der Waals surface area contributed by atoms with Crippen molar-refractivity contribution >= 4 is 0 Å².